The molecule has 1 aliphatic rings. The van der Waals surface area contributed by atoms with Gasteiger partial charge in [0.25, 0.3) is 0 Å². The summed E-state index contributed by atoms with van der Waals surface area (Å²) >= 11 is 5.93. The van der Waals surface area contributed by atoms with Crippen LogP contribution in [0.5, 0.6) is 0 Å². The zero-order valence-electron chi connectivity index (χ0n) is 11.2. The number of hydrogen-bond acceptors (Lipinski definition) is 3. The van der Waals surface area contributed by atoms with Gasteiger partial charge in [-0.1, -0.05) is 29.8 Å². The number of benzene rings is 1. The smallest absolute Gasteiger partial charge is 0.331 e. The molecule has 0 unspecified atom stereocenters. The molecule has 0 spiro atoms. The maximum absolute atomic E-state index is 12.5. The topological polar surface area (TPSA) is 29.5 Å². The Hall–Kier alpha value is -1.32. The first-order chi connectivity index (χ1) is 9.07. The van der Waals surface area contributed by atoms with Gasteiger partial charge in [-0.25, -0.2) is 4.79 Å². The Morgan fingerprint density at radius 1 is 1.53 bits per heavy atom. The van der Waals surface area contributed by atoms with E-state index in [0.717, 1.165) is 18.5 Å². The van der Waals surface area contributed by atoms with Gasteiger partial charge in [0.05, 0.1) is 7.11 Å². The van der Waals surface area contributed by atoms with E-state index < -0.39 is 5.54 Å². The highest BCUT2D eigenvalue weighted by molar-refractivity contribution is 6.30. The lowest BCUT2D eigenvalue weighted by atomic mass is 9.78. The summed E-state index contributed by atoms with van der Waals surface area (Å²) in [7, 11) is 3.36. The Labute approximate surface area is 118 Å². The third kappa shape index (κ3) is 2.07. The molecule has 3 nitrogen and oxygen atoms in total. The summed E-state index contributed by atoms with van der Waals surface area (Å²) < 4.78 is 5.06. The number of rotatable bonds is 3. The van der Waals surface area contributed by atoms with Gasteiger partial charge in [-0.3, -0.25) is 4.90 Å². The lowest BCUT2D eigenvalue weighted by molar-refractivity contribution is -0.155. The number of likely N-dealkylation sites (N-methyl/N-ethyl adjacent to an activating group) is 1. The van der Waals surface area contributed by atoms with Crippen LogP contribution >= 0.6 is 11.6 Å². The lowest BCUT2D eigenvalue weighted by Crippen LogP contribution is -2.50. The average molecular weight is 280 g/mol. The van der Waals surface area contributed by atoms with Crippen molar-refractivity contribution < 1.29 is 9.53 Å². The summed E-state index contributed by atoms with van der Waals surface area (Å²) in [6.45, 7) is 4.70. The van der Waals surface area contributed by atoms with E-state index in [-0.39, 0.29) is 11.9 Å². The number of halogens is 1. The Morgan fingerprint density at radius 2 is 2.16 bits per heavy atom. The summed E-state index contributed by atoms with van der Waals surface area (Å²) in [5.41, 5.74) is 0.106. The molecule has 0 saturated carbocycles. The van der Waals surface area contributed by atoms with Crippen molar-refractivity contribution in [3.05, 3.63) is 47.5 Å². The van der Waals surface area contributed by atoms with E-state index in [1.54, 1.807) is 12.1 Å². The molecule has 0 bridgehead atoms. The molecule has 0 aliphatic carbocycles. The van der Waals surface area contributed by atoms with Crippen LogP contribution in [0.1, 0.15) is 12.0 Å². The summed E-state index contributed by atoms with van der Waals surface area (Å²) in [6.07, 6.45) is 2.73. The Kier molecular flexibility index (Phi) is 3.97. The highest BCUT2D eigenvalue weighted by Crippen LogP contribution is 2.44. The number of hydrogen-bond donors (Lipinski definition) is 0. The molecule has 1 heterocycles. The lowest BCUT2D eigenvalue weighted by Gasteiger charge is -2.37. The van der Waals surface area contributed by atoms with Gasteiger partial charge < -0.3 is 4.74 Å². The van der Waals surface area contributed by atoms with E-state index in [0.29, 0.717) is 5.02 Å². The number of carbonyl (C=O) groups is 1. The first kappa shape index (κ1) is 14.1. The molecule has 1 aliphatic heterocycles. The first-order valence-electron chi connectivity index (χ1n) is 6.25. The van der Waals surface area contributed by atoms with E-state index in [4.69, 9.17) is 16.3 Å². The van der Waals surface area contributed by atoms with Crippen LogP contribution in [0.4, 0.5) is 0 Å². The van der Waals surface area contributed by atoms with Crippen molar-refractivity contribution >= 4 is 17.6 Å². The quantitative estimate of drug-likeness (QED) is 0.629. The van der Waals surface area contributed by atoms with Crippen molar-refractivity contribution in [3.63, 3.8) is 0 Å². The Bertz CT molecular complexity index is 485. The maximum Gasteiger partial charge on any atom is 0.331 e. The van der Waals surface area contributed by atoms with E-state index >= 15 is 0 Å². The molecular formula is C15H18ClNO2. The van der Waals surface area contributed by atoms with Crippen LogP contribution in [-0.2, 0) is 15.1 Å². The predicted molar refractivity (Wildman–Crippen MR) is 76.1 cm³/mol. The molecule has 0 amide bonds. The van der Waals surface area contributed by atoms with Crippen LogP contribution in [0.2, 0.25) is 5.02 Å². The average Bonchev–Trinajstić information content (AvgIpc) is 2.76. The van der Waals surface area contributed by atoms with Crippen molar-refractivity contribution in [2.75, 3.05) is 20.7 Å². The van der Waals surface area contributed by atoms with Gasteiger partial charge in [-0.15, -0.1) is 6.58 Å². The summed E-state index contributed by atoms with van der Waals surface area (Å²) in [6, 6.07) is 7.37. The van der Waals surface area contributed by atoms with Crippen molar-refractivity contribution in [3.8, 4) is 0 Å². The summed E-state index contributed by atoms with van der Waals surface area (Å²) in [4.78, 5) is 14.5. The van der Waals surface area contributed by atoms with E-state index in [2.05, 4.69) is 6.58 Å². The van der Waals surface area contributed by atoms with Crippen molar-refractivity contribution in [1.29, 1.82) is 0 Å². The molecule has 0 aromatic heterocycles. The zero-order valence-corrected chi connectivity index (χ0v) is 12.0. The standard InChI is InChI=1S/C15H18ClNO2/c1-4-11-9-10-17(2)15(11,14(18)19-3)12-5-7-13(16)8-6-12/h4-8,11H,1,9-10H2,2-3H3/t11-,15-/m1/s1. The van der Waals surface area contributed by atoms with Gasteiger partial charge in [0.2, 0.25) is 0 Å². The van der Waals surface area contributed by atoms with Gasteiger partial charge in [0.1, 0.15) is 0 Å². The third-order valence-corrected chi connectivity index (χ3v) is 4.23. The van der Waals surface area contributed by atoms with Crippen LogP contribution in [0, 0.1) is 5.92 Å². The van der Waals surface area contributed by atoms with Crippen LogP contribution in [0.3, 0.4) is 0 Å². The zero-order chi connectivity index (χ0) is 14.0. The monoisotopic (exact) mass is 279 g/mol. The fourth-order valence-electron chi connectivity index (χ4n) is 3.01. The minimum atomic E-state index is -0.791. The van der Waals surface area contributed by atoms with Crippen LogP contribution < -0.4 is 0 Å². The molecule has 2 rings (SSSR count). The second kappa shape index (κ2) is 5.35. The second-order valence-electron chi connectivity index (χ2n) is 4.82. The third-order valence-electron chi connectivity index (χ3n) is 3.98. The first-order valence-corrected chi connectivity index (χ1v) is 6.63. The number of carbonyl (C=O) groups excluding carboxylic acids is 1. The van der Waals surface area contributed by atoms with Crippen LogP contribution in [0.15, 0.2) is 36.9 Å². The van der Waals surface area contributed by atoms with Gasteiger partial charge >= 0.3 is 5.97 Å². The minimum absolute atomic E-state index is 0.0334. The Morgan fingerprint density at radius 3 is 2.68 bits per heavy atom. The predicted octanol–water partition coefficient (Wildman–Crippen LogP) is 2.85. The second-order valence-corrected chi connectivity index (χ2v) is 5.25. The normalized spacial score (nSPS) is 27.2. The summed E-state index contributed by atoms with van der Waals surface area (Å²) in [5.74, 6) is -0.217. The van der Waals surface area contributed by atoms with E-state index in [1.807, 2.05) is 30.2 Å². The van der Waals surface area contributed by atoms with Crippen LogP contribution in [-0.4, -0.2) is 31.6 Å². The largest absolute Gasteiger partial charge is 0.467 e. The summed E-state index contributed by atoms with van der Waals surface area (Å²) in [5, 5.41) is 0.652. The molecular weight excluding hydrogens is 262 g/mol. The highest BCUT2D eigenvalue weighted by Gasteiger charge is 2.53. The van der Waals surface area contributed by atoms with E-state index in [1.165, 1.54) is 7.11 Å². The molecule has 0 N–H and O–H groups in total. The number of nitrogens with zero attached hydrogens (tertiary/aromatic N) is 1. The molecule has 0 radical (unpaired) electrons. The SMILES string of the molecule is C=C[C@@H]1CCN(C)[C@@]1(C(=O)OC)c1ccc(Cl)cc1. The van der Waals surface area contributed by atoms with Crippen molar-refractivity contribution in [1.82, 2.24) is 4.90 Å². The number of esters is 1. The molecule has 102 valence electrons. The van der Waals surface area contributed by atoms with Crippen molar-refractivity contribution in [2.24, 2.45) is 5.92 Å². The van der Waals surface area contributed by atoms with Gasteiger partial charge in [-0.2, -0.15) is 0 Å². The molecule has 1 fully saturated rings. The number of ether oxygens (including phenoxy) is 1. The number of likely N-dealkylation sites (tertiary alicyclic amines) is 1. The van der Waals surface area contributed by atoms with Gasteiger partial charge in [0, 0.05) is 10.9 Å². The number of methoxy groups -OCH3 is 1. The van der Waals surface area contributed by atoms with Gasteiger partial charge in [-0.05, 0) is 37.7 Å². The maximum atomic E-state index is 12.5. The van der Waals surface area contributed by atoms with E-state index in [9.17, 15) is 4.79 Å². The molecule has 4 heteroatoms. The Balaban J connectivity index is 2.60. The molecule has 1 saturated heterocycles. The van der Waals surface area contributed by atoms with Crippen molar-refractivity contribution in [2.45, 2.75) is 12.0 Å². The minimum Gasteiger partial charge on any atom is -0.467 e. The molecule has 2 atom stereocenters. The highest BCUT2D eigenvalue weighted by atomic mass is 35.5. The fourth-order valence-corrected chi connectivity index (χ4v) is 3.13. The molecule has 19 heavy (non-hydrogen) atoms. The van der Waals surface area contributed by atoms with Gasteiger partial charge in [0.15, 0.2) is 5.54 Å². The molecule has 1 aromatic rings. The fraction of sp³-hybridized carbons (Fsp3) is 0.400. The molecule has 1 aromatic carbocycles. The van der Waals surface area contributed by atoms with Crippen LogP contribution in [0.25, 0.3) is 0 Å².